The second kappa shape index (κ2) is 7.75. The molecule has 0 fully saturated rings. The topological polar surface area (TPSA) is 73.4 Å². The van der Waals surface area contributed by atoms with Gasteiger partial charge in [0.05, 0.1) is 5.69 Å². The number of halogens is 3. The van der Waals surface area contributed by atoms with Crippen LogP contribution in [-0.4, -0.2) is 26.1 Å². The highest BCUT2D eigenvalue weighted by atomic mass is 35.6. The van der Waals surface area contributed by atoms with Crippen LogP contribution in [0.5, 0.6) is 5.75 Å². The lowest BCUT2D eigenvalue weighted by Crippen LogP contribution is -2.58. The second-order valence-electron chi connectivity index (χ2n) is 5.81. The van der Waals surface area contributed by atoms with E-state index in [1.54, 1.807) is 39.0 Å². The number of rotatable bonds is 3. The quantitative estimate of drug-likeness (QED) is 0.271. The van der Waals surface area contributed by atoms with Crippen LogP contribution in [0.25, 0.3) is 0 Å². The molecule has 1 amide bonds. The first-order valence-electron chi connectivity index (χ1n) is 6.64. The van der Waals surface area contributed by atoms with E-state index in [9.17, 15) is 9.90 Å². The van der Waals surface area contributed by atoms with E-state index in [0.29, 0.717) is 5.69 Å². The minimum absolute atomic E-state index is 0.0146. The third kappa shape index (κ3) is 6.59. The van der Waals surface area contributed by atoms with Crippen LogP contribution in [0, 0.1) is 5.41 Å². The summed E-state index contributed by atoms with van der Waals surface area (Å²) >= 11 is 22.8. The molecule has 0 bridgehead atoms. The Labute approximate surface area is 155 Å². The molecule has 0 saturated carbocycles. The predicted octanol–water partition coefficient (Wildman–Crippen LogP) is 3.54. The third-order valence-corrected chi connectivity index (χ3v) is 3.59. The zero-order valence-corrected chi connectivity index (χ0v) is 15.9. The summed E-state index contributed by atoms with van der Waals surface area (Å²) in [6.45, 7) is 5.20. The lowest BCUT2D eigenvalue weighted by atomic mass is 9.95. The van der Waals surface area contributed by atoms with Crippen molar-refractivity contribution in [3.63, 3.8) is 0 Å². The number of amides is 1. The van der Waals surface area contributed by atoms with Gasteiger partial charge in [-0.05, 0) is 24.4 Å². The molecule has 0 radical (unpaired) electrons. The zero-order chi connectivity index (χ0) is 17.8. The zero-order valence-electron chi connectivity index (χ0n) is 12.8. The molecule has 0 heterocycles. The van der Waals surface area contributed by atoms with Crippen molar-refractivity contribution < 1.29 is 9.90 Å². The van der Waals surface area contributed by atoms with Crippen molar-refractivity contribution in [3.8, 4) is 5.75 Å². The van der Waals surface area contributed by atoms with Gasteiger partial charge in [-0.25, -0.2) is 0 Å². The molecule has 0 aliphatic carbocycles. The van der Waals surface area contributed by atoms with Gasteiger partial charge < -0.3 is 21.1 Å². The number of carbonyl (C=O) groups excluding carboxylic acids is 1. The first-order valence-corrected chi connectivity index (χ1v) is 8.18. The van der Waals surface area contributed by atoms with Gasteiger partial charge in [0, 0.05) is 5.41 Å². The van der Waals surface area contributed by atoms with Gasteiger partial charge in [-0.15, -0.1) is 0 Å². The van der Waals surface area contributed by atoms with Crippen molar-refractivity contribution in [2.75, 3.05) is 5.32 Å². The highest BCUT2D eigenvalue weighted by Gasteiger charge is 2.36. The Hall–Kier alpha value is -0.950. The minimum atomic E-state index is -1.83. The van der Waals surface area contributed by atoms with Gasteiger partial charge in [0.25, 0.3) is 0 Å². The number of phenols is 1. The molecule has 4 N–H and O–H groups in total. The highest BCUT2D eigenvalue weighted by Crippen LogP contribution is 2.30. The molecule has 9 heteroatoms. The Bertz CT molecular complexity index is 585. The van der Waals surface area contributed by atoms with Gasteiger partial charge in [-0.2, -0.15) is 0 Å². The second-order valence-corrected chi connectivity index (χ2v) is 8.59. The van der Waals surface area contributed by atoms with Crippen LogP contribution in [-0.2, 0) is 4.79 Å². The van der Waals surface area contributed by atoms with E-state index in [-0.39, 0.29) is 16.8 Å². The summed E-state index contributed by atoms with van der Waals surface area (Å²) in [6, 6.07) is 6.52. The maximum Gasteiger partial charge on any atom is 0.228 e. The molecule has 128 valence electrons. The number of nitrogens with one attached hydrogen (secondary N) is 3. The Morgan fingerprint density at radius 2 is 1.74 bits per heavy atom. The van der Waals surface area contributed by atoms with E-state index >= 15 is 0 Å². The molecular weight excluding hydrogens is 381 g/mol. The largest absolute Gasteiger partial charge is 0.506 e. The lowest BCUT2D eigenvalue weighted by Gasteiger charge is -2.30. The van der Waals surface area contributed by atoms with Crippen LogP contribution in [0.1, 0.15) is 20.8 Å². The van der Waals surface area contributed by atoms with E-state index < -0.39 is 15.4 Å². The molecule has 23 heavy (non-hydrogen) atoms. The van der Waals surface area contributed by atoms with Gasteiger partial charge >= 0.3 is 0 Å². The van der Waals surface area contributed by atoms with Crippen molar-refractivity contribution in [3.05, 3.63) is 24.3 Å². The van der Waals surface area contributed by atoms with Crippen LogP contribution in [0.2, 0.25) is 0 Å². The van der Waals surface area contributed by atoms with Crippen molar-refractivity contribution in [2.45, 2.75) is 30.7 Å². The van der Waals surface area contributed by atoms with E-state index in [0.717, 1.165) is 0 Å². The van der Waals surface area contributed by atoms with Crippen LogP contribution in [0.15, 0.2) is 24.3 Å². The molecule has 0 spiro atoms. The summed E-state index contributed by atoms with van der Waals surface area (Å²) < 4.78 is -1.83. The number of carbonyl (C=O) groups is 1. The fraction of sp³-hybridized carbons (Fsp3) is 0.429. The fourth-order valence-corrected chi connectivity index (χ4v) is 1.97. The van der Waals surface area contributed by atoms with Gasteiger partial charge in [0.2, 0.25) is 9.70 Å². The van der Waals surface area contributed by atoms with Crippen molar-refractivity contribution in [1.29, 1.82) is 0 Å². The average molecular weight is 399 g/mol. The van der Waals surface area contributed by atoms with Crippen LogP contribution >= 0.6 is 47.0 Å². The molecule has 1 aromatic carbocycles. The van der Waals surface area contributed by atoms with E-state index in [4.69, 9.17) is 47.0 Å². The number of thiocarbonyl (C=S) groups is 1. The monoisotopic (exact) mass is 397 g/mol. The molecule has 0 saturated heterocycles. The van der Waals surface area contributed by atoms with E-state index in [1.807, 2.05) is 0 Å². The maximum absolute atomic E-state index is 12.1. The first-order chi connectivity index (χ1) is 10.4. The Morgan fingerprint density at radius 1 is 1.17 bits per heavy atom. The summed E-state index contributed by atoms with van der Waals surface area (Å²) in [6.07, 6.45) is -1.05. The van der Waals surface area contributed by atoms with Gasteiger partial charge in [-0.1, -0.05) is 67.7 Å². The average Bonchev–Trinajstić information content (AvgIpc) is 2.38. The van der Waals surface area contributed by atoms with E-state index in [1.165, 1.54) is 6.07 Å². The molecule has 5 nitrogen and oxygen atoms in total. The number of alkyl halides is 3. The number of phenolic OH excluding ortho intramolecular Hbond substituents is 1. The first kappa shape index (κ1) is 20.1. The molecule has 0 aliphatic heterocycles. The van der Waals surface area contributed by atoms with Crippen LogP contribution in [0.4, 0.5) is 5.69 Å². The van der Waals surface area contributed by atoms with Gasteiger partial charge in [0.15, 0.2) is 5.11 Å². The summed E-state index contributed by atoms with van der Waals surface area (Å²) in [7, 11) is 0. The van der Waals surface area contributed by atoms with Crippen molar-refractivity contribution in [1.82, 2.24) is 10.6 Å². The minimum Gasteiger partial charge on any atom is -0.506 e. The number of benzene rings is 1. The third-order valence-electron chi connectivity index (χ3n) is 2.71. The molecule has 1 aromatic rings. The number of hydrogen-bond donors (Lipinski definition) is 4. The predicted molar refractivity (Wildman–Crippen MR) is 99.1 cm³/mol. The van der Waals surface area contributed by atoms with Gasteiger partial charge in [0.1, 0.15) is 11.9 Å². The standard InChI is InChI=1S/C14H18Cl3N3O2S/c1-13(2,3)11(22)19-10(14(15,16)17)20-12(23)18-8-6-4-5-7-9(8)21/h4-7,10,21H,1-3H3,(H,19,22)(H2,18,20,23)/t10-/m1/s1. The summed E-state index contributed by atoms with van der Waals surface area (Å²) in [5.41, 5.74) is -0.280. The van der Waals surface area contributed by atoms with Crippen molar-refractivity contribution >= 4 is 63.7 Å². The molecule has 0 aromatic heterocycles. The molecule has 0 unspecified atom stereocenters. The van der Waals surface area contributed by atoms with Crippen molar-refractivity contribution in [2.24, 2.45) is 5.41 Å². The van der Waals surface area contributed by atoms with E-state index in [2.05, 4.69) is 16.0 Å². The summed E-state index contributed by atoms with van der Waals surface area (Å²) in [5, 5.41) is 17.9. The molecule has 1 atom stereocenters. The number of hydrogen-bond acceptors (Lipinski definition) is 3. The Morgan fingerprint density at radius 3 is 2.22 bits per heavy atom. The smallest absolute Gasteiger partial charge is 0.228 e. The van der Waals surface area contributed by atoms with Gasteiger partial charge in [-0.3, -0.25) is 4.79 Å². The molecular formula is C14H18Cl3N3O2S. The summed E-state index contributed by atoms with van der Waals surface area (Å²) in [4.78, 5) is 12.1. The Kier molecular flexibility index (Phi) is 6.77. The SMILES string of the molecule is CC(C)(C)C(=O)N[C@H](NC(=S)Nc1ccccc1O)C(Cl)(Cl)Cl. The highest BCUT2D eigenvalue weighted by molar-refractivity contribution is 7.80. The van der Waals surface area contributed by atoms with Crippen LogP contribution < -0.4 is 16.0 Å². The number of para-hydroxylation sites is 2. The normalized spacial score (nSPS) is 13.1. The Balaban J connectivity index is 2.80. The van der Waals surface area contributed by atoms with Crippen LogP contribution in [0.3, 0.4) is 0 Å². The maximum atomic E-state index is 12.1. The lowest BCUT2D eigenvalue weighted by molar-refractivity contribution is -0.129. The molecule has 1 rings (SSSR count). The number of anilines is 1. The fourth-order valence-electron chi connectivity index (χ4n) is 1.42. The molecule has 0 aliphatic rings. The number of aromatic hydroxyl groups is 1. The summed E-state index contributed by atoms with van der Waals surface area (Å²) in [5.74, 6) is -0.299.